The van der Waals surface area contributed by atoms with Crippen molar-refractivity contribution in [2.24, 2.45) is 0 Å². The number of likely N-dealkylation sites (N-methyl/N-ethyl adjacent to an activating group) is 1. The Hall–Kier alpha value is -2.40. The van der Waals surface area contributed by atoms with E-state index >= 15 is 0 Å². The molecule has 1 aliphatic heterocycles. The van der Waals surface area contributed by atoms with Crippen molar-refractivity contribution in [3.8, 4) is 0 Å². The highest BCUT2D eigenvalue weighted by molar-refractivity contribution is 6.05. The highest BCUT2D eigenvalue weighted by Crippen LogP contribution is 2.32. The standard InChI is InChI=1S/C24H34N4O/c1-6-27-12-14-28(15-13-27)22-16-19(10-11-25-22)24(29)26-23-20(17(2)3)8-7-9-21(23)18(4)5/h7-11,16-18H,6,12-15H2,1-5H3,(H,26,29). The van der Waals surface area contributed by atoms with E-state index in [1.165, 1.54) is 11.1 Å². The summed E-state index contributed by atoms with van der Waals surface area (Å²) >= 11 is 0. The van der Waals surface area contributed by atoms with Gasteiger partial charge in [0.1, 0.15) is 5.82 Å². The van der Waals surface area contributed by atoms with Gasteiger partial charge in [0.2, 0.25) is 0 Å². The molecule has 0 spiro atoms. The number of carbonyl (C=O) groups excluding carboxylic acids is 1. The number of pyridine rings is 1. The lowest BCUT2D eigenvalue weighted by molar-refractivity contribution is 0.102. The predicted molar refractivity (Wildman–Crippen MR) is 121 cm³/mol. The summed E-state index contributed by atoms with van der Waals surface area (Å²) in [7, 11) is 0. The summed E-state index contributed by atoms with van der Waals surface area (Å²) in [6.45, 7) is 15.9. The largest absolute Gasteiger partial charge is 0.354 e. The second-order valence-electron chi connectivity index (χ2n) is 8.40. The third-order valence-corrected chi connectivity index (χ3v) is 5.76. The molecule has 1 aromatic heterocycles. The van der Waals surface area contributed by atoms with Crippen LogP contribution in [0.4, 0.5) is 11.5 Å². The summed E-state index contributed by atoms with van der Waals surface area (Å²) in [5.41, 5.74) is 3.96. The topological polar surface area (TPSA) is 48.5 Å². The molecule has 1 N–H and O–H groups in total. The molecule has 0 bridgehead atoms. The minimum Gasteiger partial charge on any atom is -0.354 e. The molecule has 0 unspecified atom stereocenters. The molecule has 3 rings (SSSR count). The van der Waals surface area contributed by atoms with Gasteiger partial charge in [-0.1, -0.05) is 52.8 Å². The number of piperazine rings is 1. The summed E-state index contributed by atoms with van der Waals surface area (Å²) in [6, 6.07) is 10.0. The first-order valence-corrected chi connectivity index (χ1v) is 10.8. The van der Waals surface area contributed by atoms with Crippen LogP contribution in [0.5, 0.6) is 0 Å². The Morgan fingerprint density at radius 1 is 1.03 bits per heavy atom. The molecule has 0 radical (unpaired) electrons. The zero-order chi connectivity index (χ0) is 21.0. The molecule has 156 valence electrons. The Bertz CT molecular complexity index is 812. The number of nitrogens with one attached hydrogen (secondary N) is 1. The Balaban J connectivity index is 1.82. The van der Waals surface area contributed by atoms with E-state index in [-0.39, 0.29) is 5.91 Å². The lowest BCUT2D eigenvalue weighted by Gasteiger charge is -2.34. The van der Waals surface area contributed by atoms with Crippen LogP contribution in [0.1, 0.15) is 67.9 Å². The third kappa shape index (κ3) is 4.96. The second kappa shape index (κ2) is 9.40. The molecule has 2 heterocycles. The van der Waals surface area contributed by atoms with Gasteiger partial charge in [0, 0.05) is 43.6 Å². The predicted octanol–water partition coefficient (Wildman–Crippen LogP) is 4.72. The van der Waals surface area contributed by atoms with Crippen LogP contribution in [0, 0.1) is 0 Å². The Labute approximate surface area is 175 Å². The fraction of sp³-hybridized carbons (Fsp3) is 0.500. The van der Waals surface area contributed by atoms with E-state index in [4.69, 9.17) is 0 Å². The van der Waals surface area contributed by atoms with E-state index < -0.39 is 0 Å². The van der Waals surface area contributed by atoms with Crippen LogP contribution in [0.3, 0.4) is 0 Å². The summed E-state index contributed by atoms with van der Waals surface area (Å²) in [5.74, 6) is 1.49. The molecule has 2 aromatic rings. The Morgan fingerprint density at radius 2 is 1.66 bits per heavy atom. The maximum atomic E-state index is 13.1. The van der Waals surface area contributed by atoms with Gasteiger partial charge >= 0.3 is 0 Å². The molecule has 0 atom stereocenters. The van der Waals surface area contributed by atoms with Crippen LogP contribution in [0.15, 0.2) is 36.5 Å². The number of aromatic nitrogens is 1. The summed E-state index contributed by atoms with van der Waals surface area (Å²) in [4.78, 5) is 22.4. The lowest BCUT2D eigenvalue weighted by atomic mass is 9.92. The Kier molecular flexibility index (Phi) is 6.91. The second-order valence-corrected chi connectivity index (χ2v) is 8.40. The van der Waals surface area contributed by atoms with E-state index in [1.54, 1.807) is 12.3 Å². The van der Waals surface area contributed by atoms with Crippen LogP contribution < -0.4 is 10.2 Å². The average molecular weight is 395 g/mol. The monoisotopic (exact) mass is 394 g/mol. The SMILES string of the molecule is CCN1CCN(c2cc(C(=O)Nc3c(C(C)C)cccc3C(C)C)ccn2)CC1. The quantitative estimate of drug-likeness (QED) is 0.770. The van der Waals surface area contributed by atoms with Crippen LogP contribution in [0.25, 0.3) is 0 Å². The molecule has 1 saturated heterocycles. The first-order valence-electron chi connectivity index (χ1n) is 10.8. The van der Waals surface area contributed by atoms with Crippen LogP contribution in [-0.2, 0) is 0 Å². The van der Waals surface area contributed by atoms with E-state index in [1.807, 2.05) is 6.07 Å². The summed E-state index contributed by atoms with van der Waals surface area (Å²) < 4.78 is 0. The Morgan fingerprint density at radius 3 is 2.21 bits per heavy atom. The number of hydrogen-bond acceptors (Lipinski definition) is 4. The van der Waals surface area contributed by atoms with Crippen molar-refractivity contribution in [3.63, 3.8) is 0 Å². The van der Waals surface area contributed by atoms with Gasteiger partial charge in [-0.2, -0.15) is 0 Å². The molecule has 1 aromatic carbocycles. The highest BCUT2D eigenvalue weighted by atomic mass is 16.1. The molecular formula is C24H34N4O. The molecular weight excluding hydrogens is 360 g/mol. The first kappa shape index (κ1) is 21.3. The van der Waals surface area contributed by atoms with Gasteiger partial charge in [-0.3, -0.25) is 4.79 Å². The minimum absolute atomic E-state index is 0.0733. The number of amides is 1. The summed E-state index contributed by atoms with van der Waals surface area (Å²) in [5, 5.41) is 3.21. The van der Waals surface area contributed by atoms with E-state index in [2.05, 4.69) is 72.9 Å². The molecule has 1 aliphatic rings. The molecule has 0 saturated carbocycles. The van der Waals surface area contributed by atoms with Gasteiger partial charge in [0.15, 0.2) is 0 Å². The van der Waals surface area contributed by atoms with Gasteiger partial charge in [-0.25, -0.2) is 4.98 Å². The number of nitrogens with zero attached hydrogens (tertiary/aromatic N) is 3. The minimum atomic E-state index is -0.0733. The van der Waals surface area contributed by atoms with Crippen molar-refractivity contribution in [2.75, 3.05) is 42.9 Å². The molecule has 5 nitrogen and oxygen atoms in total. The summed E-state index contributed by atoms with van der Waals surface area (Å²) in [6.07, 6.45) is 1.74. The van der Waals surface area contributed by atoms with Crippen molar-refractivity contribution in [3.05, 3.63) is 53.2 Å². The highest BCUT2D eigenvalue weighted by Gasteiger charge is 2.20. The van der Waals surface area contributed by atoms with Crippen molar-refractivity contribution >= 4 is 17.4 Å². The van der Waals surface area contributed by atoms with Crippen LogP contribution >= 0.6 is 0 Å². The number of para-hydroxylation sites is 1. The van der Waals surface area contributed by atoms with Gasteiger partial charge < -0.3 is 15.1 Å². The molecule has 5 heteroatoms. The number of anilines is 2. The number of hydrogen-bond donors (Lipinski definition) is 1. The smallest absolute Gasteiger partial charge is 0.255 e. The fourth-order valence-corrected chi connectivity index (χ4v) is 3.91. The van der Waals surface area contributed by atoms with Gasteiger partial charge in [-0.05, 0) is 41.6 Å². The third-order valence-electron chi connectivity index (χ3n) is 5.76. The van der Waals surface area contributed by atoms with Crippen LogP contribution in [-0.4, -0.2) is 48.5 Å². The zero-order valence-corrected chi connectivity index (χ0v) is 18.4. The van der Waals surface area contributed by atoms with Gasteiger partial charge in [0.05, 0.1) is 0 Å². The zero-order valence-electron chi connectivity index (χ0n) is 18.4. The van der Waals surface area contributed by atoms with Crippen molar-refractivity contribution < 1.29 is 4.79 Å². The maximum absolute atomic E-state index is 13.1. The lowest BCUT2D eigenvalue weighted by Crippen LogP contribution is -2.46. The van der Waals surface area contributed by atoms with Crippen molar-refractivity contribution in [1.29, 1.82) is 0 Å². The normalized spacial score (nSPS) is 15.2. The van der Waals surface area contributed by atoms with Crippen LogP contribution in [0.2, 0.25) is 0 Å². The number of carbonyl (C=O) groups is 1. The van der Waals surface area contributed by atoms with Gasteiger partial charge in [-0.15, -0.1) is 0 Å². The van der Waals surface area contributed by atoms with E-state index in [9.17, 15) is 4.79 Å². The molecule has 1 fully saturated rings. The van der Waals surface area contributed by atoms with Crippen molar-refractivity contribution in [1.82, 2.24) is 9.88 Å². The molecule has 0 aliphatic carbocycles. The fourth-order valence-electron chi connectivity index (χ4n) is 3.91. The molecule has 29 heavy (non-hydrogen) atoms. The van der Waals surface area contributed by atoms with E-state index in [0.717, 1.165) is 44.2 Å². The average Bonchev–Trinajstić information content (AvgIpc) is 2.73. The number of benzene rings is 1. The molecule has 1 amide bonds. The first-order chi connectivity index (χ1) is 13.9. The maximum Gasteiger partial charge on any atom is 0.255 e. The number of rotatable bonds is 6. The van der Waals surface area contributed by atoms with E-state index in [0.29, 0.717) is 17.4 Å². The van der Waals surface area contributed by atoms with Gasteiger partial charge in [0.25, 0.3) is 5.91 Å². The van der Waals surface area contributed by atoms with Crippen molar-refractivity contribution in [2.45, 2.75) is 46.5 Å².